The van der Waals surface area contributed by atoms with Crippen LogP contribution in [0.3, 0.4) is 0 Å². The highest BCUT2D eigenvalue weighted by atomic mass is 79.9. The molecular formula is C15H10BrNO2S. The van der Waals surface area contributed by atoms with Gasteiger partial charge in [0.2, 0.25) is 0 Å². The Hall–Kier alpha value is -1.72. The molecule has 5 heteroatoms. The smallest absolute Gasteiger partial charge is 0.302 e. The summed E-state index contributed by atoms with van der Waals surface area (Å²) in [6, 6.07) is 12.7. The second-order valence-corrected chi connectivity index (χ2v) is 6.27. The second kappa shape index (κ2) is 5.00. The lowest BCUT2D eigenvalue weighted by atomic mass is 10.0. The molecule has 0 aliphatic rings. The first-order chi connectivity index (χ1) is 9.58. The maximum Gasteiger partial charge on any atom is 0.307 e. The van der Waals surface area contributed by atoms with Gasteiger partial charge in [0.25, 0.3) is 0 Å². The molecule has 0 spiro atoms. The molecule has 0 amide bonds. The summed E-state index contributed by atoms with van der Waals surface area (Å²) < 4.78 is 3.19. The maximum absolute atomic E-state index is 12.5. The standard InChI is InChI=1S/C15H10BrNO2S/c1-17-12-7-6-9(8-13(12)20-15(17)19)14(18)10-4-2-3-5-11(10)16/h2-8H,1H3. The lowest BCUT2D eigenvalue weighted by Gasteiger charge is -2.04. The molecule has 1 heterocycles. The fourth-order valence-corrected chi connectivity index (χ4v) is 3.46. The van der Waals surface area contributed by atoms with Crippen LogP contribution < -0.4 is 4.87 Å². The summed E-state index contributed by atoms with van der Waals surface area (Å²) in [5.74, 6) is -0.0529. The van der Waals surface area contributed by atoms with E-state index in [1.165, 1.54) is 0 Å². The van der Waals surface area contributed by atoms with Crippen LogP contribution in [-0.4, -0.2) is 10.4 Å². The molecule has 3 rings (SSSR count). The van der Waals surface area contributed by atoms with E-state index in [0.717, 1.165) is 26.0 Å². The van der Waals surface area contributed by atoms with Crippen molar-refractivity contribution >= 4 is 43.3 Å². The van der Waals surface area contributed by atoms with Gasteiger partial charge in [-0.15, -0.1) is 0 Å². The van der Waals surface area contributed by atoms with E-state index in [2.05, 4.69) is 15.9 Å². The number of aromatic nitrogens is 1. The van der Waals surface area contributed by atoms with Crippen LogP contribution in [0.4, 0.5) is 0 Å². The molecule has 3 aromatic rings. The van der Waals surface area contributed by atoms with Gasteiger partial charge in [0.15, 0.2) is 5.78 Å². The average Bonchev–Trinajstić information content (AvgIpc) is 2.73. The number of nitrogens with zero attached hydrogens (tertiary/aromatic N) is 1. The molecule has 0 bridgehead atoms. The number of benzene rings is 2. The number of aryl methyl sites for hydroxylation is 1. The predicted molar refractivity (Wildman–Crippen MR) is 84.6 cm³/mol. The summed E-state index contributed by atoms with van der Waals surface area (Å²) in [6.07, 6.45) is 0. The van der Waals surface area contributed by atoms with E-state index in [0.29, 0.717) is 11.1 Å². The lowest BCUT2D eigenvalue weighted by Crippen LogP contribution is -2.06. The van der Waals surface area contributed by atoms with Gasteiger partial charge in [0.1, 0.15) is 0 Å². The van der Waals surface area contributed by atoms with E-state index >= 15 is 0 Å². The van der Waals surface area contributed by atoms with Gasteiger partial charge >= 0.3 is 4.87 Å². The highest BCUT2D eigenvalue weighted by Gasteiger charge is 2.14. The zero-order chi connectivity index (χ0) is 14.3. The topological polar surface area (TPSA) is 39.1 Å². The highest BCUT2D eigenvalue weighted by Crippen LogP contribution is 2.23. The number of halogens is 1. The number of ketones is 1. The van der Waals surface area contributed by atoms with Crippen molar-refractivity contribution in [2.24, 2.45) is 7.05 Å². The van der Waals surface area contributed by atoms with E-state index < -0.39 is 0 Å². The van der Waals surface area contributed by atoms with Crippen LogP contribution in [0, 0.1) is 0 Å². The van der Waals surface area contributed by atoms with Crippen molar-refractivity contribution in [1.29, 1.82) is 0 Å². The molecule has 1 aromatic heterocycles. The Kier molecular flexibility index (Phi) is 3.31. The fraction of sp³-hybridized carbons (Fsp3) is 0.0667. The van der Waals surface area contributed by atoms with Gasteiger partial charge in [-0.05, 0) is 30.3 Å². The number of hydrogen-bond donors (Lipinski definition) is 0. The molecule has 0 saturated carbocycles. The second-order valence-electron chi connectivity index (χ2n) is 4.42. The van der Waals surface area contributed by atoms with Gasteiger partial charge in [-0.1, -0.05) is 39.4 Å². The molecule has 0 atom stereocenters. The molecule has 0 unspecified atom stereocenters. The Morgan fingerprint density at radius 1 is 1.20 bits per heavy atom. The Morgan fingerprint density at radius 3 is 2.70 bits per heavy atom. The molecule has 20 heavy (non-hydrogen) atoms. The van der Waals surface area contributed by atoms with Gasteiger partial charge in [0, 0.05) is 22.6 Å². The first kappa shape index (κ1) is 13.3. The maximum atomic E-state index is 12.5. The van der Waals surface area contributed by atoms with Crippen molar-refractivity contribution in [3.63, 3.8) is 0 Å². The molecule has 0 N–H and O–H groups in total. The first-order valence-electron chi connectivity index (χ1n) is 5.97. The van der Waals surface area contributed by atoms with E-state index in [1.54, 1.807) is 29.8 Å². The Morgan fingerprint density at radius 2 is 1.95 bits per heavy atom. The predicted octanol–water partition coefficient (Wildman–Crippen LogP) is 3.59. The van der Waals surface area contributed by atoms with Gasteiger partial charge in [-0.25, -0.2) is 0 Å². The quantitative estimate of drug-likeness (QED) is 0.664. The van der Waals surface area contributed by atoms with Crippen LogP contribution in [0.25, 0.3) is 10.2 Å². The molecule has 0 fully saturated rings. The molecule has 0 aliphatic carbocycles. The SMILES string of the molecule is Cn1c(=O)sc2cc(C(=O)c3ccccc3Br)ccc21. The fourth-order valence-electron chi connectivity index (χ4n) is 2.08. The van der Waals surface area contributed by atoms with E-state index in [4.69, 9.17) is 0 Å². The zero-order valence-electron chi connectivity index (χ0n) is 10.6. The number of hydrogen-bond acceptors (Lipinski definition) is 3. The molecule has 0 radical (unpaired) electrons. The van der Waals surface area contributed by atoms with E-state index in [-0.39, 0.29) is 10.7 Å². The summed E-state index contributed by atoms with van der Waals surface area (Å²) in [5.41, 5.74) is 2.06. The summed E-state index contributed by atoms with van der Waals surface area (Å²) >= 11 is 4.54. The normalized spacial score (nSPS) is 10.9. The Labute approximate surface area is 127 Å². The van der Waals surface area contributed by atoms with Gasteiger partial charge in [-0.2, -0.15) is 0 Å². The monoisotopic (exact) mass is 347 g/mol. The van der Waals surface area contributed by atoms with Crippen LogP contribution in [0.5, 0.6) is 0 Å². The summed E-state index contributed by atoms with van der Waals surface area (Å²) in [4.78, 5) is 24.1. The molecule has 2 aromatic carbocycles. The van der Waals surface area contributed by atoms with Crippen LogP contribution in [0.2, 0.25) is 0 Å². The van der Waals surface area contributed by atoms with Crippen molar-refractivity contribution in [2.45, 2.75) is 0 Å². The zero-order valence-corrected chi connectivity index (χ0v) is 13.0. The molecule has 0 saturated heterocycles. The van der Waals surface area contributed by atoms with Gasteiger partial charge in [-0.3, -0.25) is 9.59 Å². The van der Waals surface area contributed by atoms with Crippen molar-refractivity contribution in [2.75, 3.05) is 0 Å². The molecule has 100 valence electrons. The van der Waals surface area contributed by atoms with Crippen LogP contribution in [0.15, 0.2) is 51.7 Å². The number of carbonyl (C=O) groups is 1. The number of thiazole rings is 1. The third-order valence-electron chi connectivity index (χ3n) is 3.17. The number of carbonyl (C=O) groups excluding carboxylic acids is 1. The van der Waals surface area contributed by atoms with Gasteiger partial charge < -0.3 is 4.57 Å². The lowest BCUT2D eigenvalue weighted by molar-refractivity contribution is 0.103. The summed E-state index contributed by atoms with van der Waals surface area (Å²) in [5, 5.41) is 0. The highest BCUT2D eigenvalue weighted by molar-refractivity contribution is 9.10. The molecular weight excluding hydrogens is 338 g/mol. The van der Waals surface area contributed by atoms with E-state index in [9.17, 15) is 9.59 Å². The minimum atomic E-state index is -0.0529. The summed E-state index contributed by atoms with van der Waals surface area (Å²) in [7, 11) is 1.73. The van der Waals surface area contributed by atoms with Crippen LogP contribution >= 0.6 is 27.3 Å². The average molecular weight is 348 g/mol. The van der Waals surface area contributed by atoms with E-state index in [1.807, 2.05) is 24.3 Å². The first-order valence-corrected chi connectivity index (χ1v) is 7.57. The third kappa shape index (κ3) is 2.13. The molecule has 0 aliphatic heterocycles. The van der Waals surface area contributed by atoms with Crippen molar-refractivity contribution < 1.29 is 4.79 Å². The third-order valence-corrected chi connectivity index (χ3v) is 4.86. The minimum absolute atomic E-state index is 0.0227. The molecule has 3 nitrogen and oxygen atoms in total. The van der Waals surface area contributed by atoms with Crippen LogP contribution in [0.1, 0.15) is 15.9 Å². The minimum Gasteiger partial charge on any atom is -0.302 e. The summed E-state index contributed by atoms with van der Waals surface area (Å²) in [6.45, 7) is 0. The largest absolute Gasteiger partial charge is 0.307 e. The van der Waals surface area contributed by atoms with Crippen molar-refractivity contribution in [3.8, 4) is 0 Å². The number of fused-ring (bicyclic) bond motifs is 1. The Bertz CT molecular complexity index is 879. The van der Waals surface area contributed by atoms with Crippen LogP contribution in [-0.2, 0) is 7.05 Å². The Balaban J connectivity index is 2.13. The van der Waals surface area contributed by atoms with Crippen molar-refractivity contribution in [1.82, 2.24) is 4.57 Å². The van der Waals surface area contributed by atoms with Gasteiger partial charge in [0.05, 0.1) is 10.2 Å². The van der Waals surface area contributed by atoms with Crippen molar-refractivity contribution in [3.05, 3.63) is 67.7 Å². The number of rotatable bonds is 2.